The molecule has 1 aromatic heterocycles. The summed E-state index contributed by atoms with van der Waals surface area (Å²) in [6.45, 7) is 0.400. The van der Waals surface area contributed by atoms with Crippen molar-refractivity contribution in [3.8, 4) is 0 Å². The standard InChI is InChI=1S/C23H23F2N3O2/c24-23(25)9-7-16(8-10-23)15-1-3-17(4-2-15)21-13-30-22(12-29)28(21)18-5-6-19-20(11-18)27-14-26-19/h1-6,11-12,14,16,21-22H,7-10,13H2,(H,26,27). The highest BCUT2D eigenvalue weighted by Crippen LogP contribution is 2.42. The van der Waals surface area contributed by atoms with Crippen LogP contribution in [0.3, 0.4) is 0 Å². The van der Waals surface area contributed by atoms with E-state index in [1.807, 2.05) is 47.4 Å². The van der Waals surface area contributed by atoms with Crippen molar-refractivity contribution in [3.05, 3.63) is 59.9 Å². The molecular weight excluding hydrogens is 388 g/mol. The van der Waals surface area contributed by atoms with Gasteiger partial charge in [0, 0.05) is 18.5 Å². The molecule has 0 amide bonds. The Balaban J connectivity index is 1.40. The topological polar surface area (TPSA) is 58.2 Å². The molecule has 1 saturated carbocycles. The predicted octanol–water partition coefficient (Wildman–Crippen LogP) is 4.96. The van der Waals surface area contributed by atoms with Gasteiger partial charge < -0.3 is 14.6 Å². The molecule has 7 heteroatoms. The number of carbonyl (C=O) groups excluding carboxylic acids is 1. The van der Waals surface area contributed by atoms with Crippen LogP contribution in [0.4, 0.5) is 14.5 Å². The Kier molecular flexibility index (Phi) is 4.77. The quantitative estimate of drug-likeness (QED) is 0.617. The zero-order valence-electron chi connectivity index (χ0n) is 16.4. The van der Waals surface area contributed by atoms with E-state index in [1.165, 1.54) is 0 Å². The molecule has 2 heterocycles. The smallest absolute Gasteiger partial charge is 0.248 e. The van der Waals surface area contributed by atoms with E-state index >= 15 is 0 Å². The number of nitrogens with one attached hydrogen (secondary N) is 1. The number of hydrogen-bond acceptors (Lipinski definition) is 4. The van der Waals surface area contributed by atoms with Gasteiger partial charge in [-0.3, -0.25) is 4.79 Å². The maximum atomic E-state index is 13.5. The molecule has 2 atom stereocenters. The highest BCUT2D eigenvalue weighted by molar-refractivity contribution is 5.80. The van der Waals surface area contributed by atoms with Crippen molar-refractivity contribution >= 4 is 23.0 Å². The summed E-state index contributed by atoms with van der Waals surface area (Å²) in [5.74, 6) is -2.34. The van der Waals surface area contributed by atoms with Crippen LogP contribution in [0.5, 0.6) is 0 Å². The van der Waals surface area contributed by atoms with Crippen LogP contribution >= 0.6 is 0 Å². The largest absolute Gasteiger partial charge is 0.349 e. The summed E-state index contributed by atoms with van der Waals surface area (Å²) in [6.07, 6.45) is 2.74. The molecule has 156 valence electrons. The van der Waals surface area contributed by atoms with Gasteiger partial charge in [0.2, 0.25) is 5.92 Å². The number of halogens is 2. The number of alkyl halides is 2. The average molecular weight is 411 g/mol. The number of rotatable bonds is 4. The van der Waals surface area contributed by atoms with Gasteiger partial charge in [-0.2, -0.15) is 0 Å². The maximum absolute atomic E-state index is 13.5. The Hall–Kier alpha value is -2.80. The molecule has 30 heavy (non-hydrogen) atoms. The molecule has 3 aromatic rings. The molecule has 2 unspecified atom stereocenters. The summed E-state index contributed by atoms with van der Waals surface area (Å²) in [5.41, 5.74) is 4.76. The second kappa shape index (κ2) is 7.47. The number of fused-ring (bicyclic) bond motifs is 1. The van der Waals surface area contributed by atoms with E-state index < -0.39 is 12.2 Å². The van der Waals surface area contributed by atoms with E-state index in [9.17, 15) is 13.6 Å². The minimum Gasteiger partial charge on any atom is -0.349 e. The highest BCUT2D eigenvalue weighted by Gasteiger charge is 2.37. The van der Waals surface area contributed by atoms with Gasteiger partial charge in [0.1, 0.15) is 0 Å². The van der Waals surface area contributed by atoms with Gasteiger partial charge in [0.25, 0.3) is 0 Å². The number of H-pyrrole nitrogens is 1. The first-order chi connectivity index (χ1) is 14.5. The first-order valence-corrected chi connectivity index (χ1v) is 10.3. The van der Waals surface area contributed by atoms with Gasteiger partial charge in [-0.1, -0.05) is 24.3 Å². The molecule has 2 aromatic carbocycles. The lowest BCUT2D eigenvalue weighted by Gasteiger charge is -2.30. The van der Waals surface area contributed by atoms with Crippen molar-refractivity contribution in [1.82, 2.24) is 9.97 Å². The number of benzene rings is 2. The van der Waals surface area contributed by atoms with Gasteiger partial charge in [-0.05, 0) is 48.1 Å². The minimum atomic E-state index is -2.52. The molecule has 0 radical (unpaired) electrons. The zero-order valence-corrected chi connectivity index (χ0v) is 16.4. The molecule has 5 rings (SSSR count). The highest BCUT2D eigenvalue weighted by atomic mass is 19.3. The number of ether oxygens (including phenoxy) is 1. The van der Waals surface area contributed by atoms with Crippen molar-refractivity contribution in [2.45, 2.75) is 49.8 Å². The van der Waals surface area contributed by atoms with Crippen LogP contribution in [0.25, 0.3) is 11.0 Å². The zero-order chi connectivity index (χ0) is 20.7. The third-order valence-corrected chi connectivity index (χ3v) is 6.36. The van der Waals surface area contributed by atoms with Crippen LogP contribution in [0.1, 0.15) is 48.8 Å². The lowest BCUT2D eigenvalue weighted by atomic mass is 9.82. The summed E-state index contributed by atoms with van der Waals surface area (Å²) >= 11 is 0. The second-order valence-corrected chi connectivity index (χ2v) is 8.18. The van der Waals surface area contributed by atoms with Crippen LogP contribution in [-0.2, 0) is 9.53 Å². The second-order valence-electron chi connectivity index (χ2n) is 8.18. The van der Waals surface area contributed by atoms with Crippen molar-refractivity contribution in [2.24, 2.45) is 0 Å². The van der Waals surface area contributed by atoms with Crippen LogP contribution in [0.15, 0.2) is 48.8 Å². The Labute approximate surface area is 173 Å². The van der Waals surface area contributed by atoms with E-state index in [2.05, 4.69) is 9.97 Å². The molecule has 1 N–H and O–H groups in total. The minimum absolute atomic E-state index is 0.0413. The third-order valence-electron chi connectivity index (χ3n) is 6.36. The Morgan fingerprint density at radius 2 is 1.83 bits per heavy atom. The summed E-state index contributed by atoms with van der Waals surface area (Å²) in [4.78, 5) is 21.0. The van der Waals surface area contributed by atoms with Crippen molar-refractivity contribution < 1.29 is 18.3 Å². The lowest BCUT2D eigenvalue weighted by Crippen LogP contribution is -2.33. The van der Waals surface area contributed by atoms with E-state index in [0.717, 1.165) is 34.1 Å². The molecule has 1 saturated heterocycles. The number of imidazole rings is 1. The van der Waals surface area contributed by atoms with E-state index in [4.69, 9.17) is 4.74 Å². The lowest BCUT2D eigenvalue weighted by molar-refractivity contribution is -0.115. The number of nitrogens with zero attached hydrogens (tertiary/aromatic N) is 2. The fraction of sp³-hybridized carbons (Fsp3) is 0.391. The monoisotopic (exact) mass is 411 g/mol. The van der Waals surface area contributed by atoms with Crippen LogP contribution in [-0.4, -0.2) is 35.0 Å². The molecule has 2 fully saturated rings. The van der Waals surface area contributed by atoms with Gasteiger partial charge in [0.05, 0.1) is 30.0 Å². The molecule has 0 bridgehead atoms. The maximum Gasteiger partial charge on any atom is 0.248 e. The Morgan fingerprint density at radius 1 is 1.10 bits per heavy atom. The summed E-state index contributed by atoms with van der Waals surface area (Å²) in [7, 11) is 0. The van der Waals surface area contributed by atoms with Crippen molar-refractivity contribution in [1.29, 1.82) is 0 Å². The molecular formula is C23H23F2N3O2. The summed E-state index contributed by atoms with van der Waals surface area (Å²) in [5, 5.41) is 0. The van der Waals surface area contributed by atoms with Gasteiger partial charge in [-0.25, -0.2) is 13.8 Å². The Bertz CT molecular complexity index is 1040. The number of anilines is 1. The van der Waals surface area contributed by atoms with E-state index in [0.29, 0.717) is 19.4 Å². The molecule has 1 aliphatic carbocycles. The number of aromatic nitrogens is 2. The number of carbonyl (C=O) groups is 1. The SMILES string of the molecule is O=CC1OCC(c2ccc(C3CCC(F)(F)CC3)cc2)N1c1ccc2[nH]cnc2c1. The average Bonchev–Trinajstić information content (AvgIpc) is 3.40. The molecule has 1 aliphatic heterocycles. The summed E-state index contributed by atoms with van der Waals surface area (Å²) < 4.78 is 32.7. The first kappa shape index (κ1) is 19.2. The first-order valence-electron chi connectivity index (χ1n) is 10.3. The van der Waals surface area contributed by atoms with E-state index in [1.54, 1.807) is 6.33 Å². The van der Waals surface area contributed by atoms with Gasteiger partial charge in [-0.15, -0.1) is 0 Å². The fourth-order valence-electron chi connectivity index (χ4n) is 4.66. The fourth-order valence-corrected chi connectivity index (χ4v) is 4.66. The van der Waals surface area contributed by atoms with Crippen molar-refractivity contribution in [3.63, 3.8) is 0 Å². The Morgan fingerprint density at radius 3 is 2.57 bits per heavy atom. The van der Waals surface area contributed by atoms with Crippen LogP contribution in [0.2, 0.25) is 0 Å². The van der Waals surface area contributed by atoms with Crippen molar-refractivity contribution in [2.75, 3.05) is 11.5 Å². The normalized spacial score (nSPS) is 24.4. The van der Waals surface area contributed by atoms with Crippen LogP contribution < -0.4 is 4.90 Å². The van der Waals surface area contributed by atoms with Gasteiger partial charge >= 0.3 is 0 Å². The predicted molar refractivity (Wildman–Crippen MR) is 110 cm³/mol. The number of aldehydes is 1. The molecule has 5 nitrogen and oxygen atoms in total. The van der Waals surface area contributed by atoms with Gasteiger partial charge in [0.15, 0.2) is 12.5 Å². The van der Waals surface area contributed by atoms with E-state index in [-0.39, 0.29) is 24.8 Å². The molecule has 0 spiro atoms. The summed E-state index contributed by atoms with van der Waals surface area (Å²) in [6, 6.07) is 13.9. The molecule has 2 aliphatic rings. The van der Waals surface area contributed by atoms with Crippen LogP contribution in [0, 0.1) is 0 Å². The number of aromatic amines is 1. The number of hydrogen-bond donors (Lipinski definition) is 1. The third kappa shape index (κ3) is 3.47.